The molecular formula is C16H23NO4. The van der Waals surface area contributed by atoms with Gasteiger partial charge in [0.05, 0.1) is 6.10 Å². The first kappa shape index (κ1) is 15.8. The molecule has 0 spiro atoms. The molecule has 1 heterocycles. The van der Waals surface area contributed by atoms with E-state index in [0.717, 1.165) is 18.4 Å². The molecule has 1 amide bonds. The minimum atomic E-state index is -0.626. The van der Waals surface area contributed by atoms with E-state index in [1.807, 2.05) is 19.1 Å². The quantitative estimate of drug-likeness (QED) is 0.867. The number of aliphatic hydroxyl groups is 1. The normalized spacial score (nSPS) is 17.3. The van der Waals surface area contributed by atoms with Crippen LogP contribution in [0, 0.1) is 6.92 Å². The number of ether oxygens (including phenoxy) is 2. The van der Waals surface area contributed by atoms with Crippen LogP contribution in [0.4, 0.5) is 0 Å². The number of aryl methyl sites for hydroxylation is 1. The maximum absolute atomic E-state index is 11.9. The largest absolute Gasteiger partial charge is 0.483 e. The fourth-order valence-corrected chi connectivity index (χ4v) is 2.38. The van der Waals surface area contributed by atoms with Crippen molar-refractivity contribution in [1.82, 2.24) is 5.32 Å². The average Bonchev–Trinajstić information content (AvgIpc) is 2.47. The lowest BCUT2D eigenvalue weighted by Gasteiger charge is -2.23. The van der Waals surface area contributed by atoms with Crippen molar-refractivity contribution in [2.75, 3.05) is 19.8 Å². The number of carbonyl (C=O) groups is 1. The summed E-state index contributed by atoms with van der Waals surface area (Å²) in [4.78, 5) is 11.9. The summed E-state index contributed by atoms with van der Waals surface area (Å²) >= 11 is 0. The van der Waals surface area contributed by atoms with Gasteiger partial charge in [-0.2, -0.15) is 0 Å². The minimum absolute atomic E-state index is 0.0415. The summed E-state index contributed by atoms with van der Waals surface area (Å²) < 4.78 is 10.8. The van der Waals surface area contributed by atoms with Gasteiger partial charge in [-0.25, -0.2) is 0 Å². The lowest BCUT2D eigenvalue weighted by Crippen LogP contribution is -2.41. The van der Waals surface area contributed by atoms with Gasteiger partial charge in [-0.05, 0) is 38.8 Å². The smallest absolute Gasteiger partial charge is 0.258 e. The van der Waals surface area contributed by atoms with Crippen molar-refractivity contribution in [2.45, 2.75) is 38.8 Å². The Morgan fingerprint density at radius 2 is 2.19 bits per heavy atom. The number of nitrogens with one attached hydrogen (secondary N) is 1. The number of carbonyl (C=O) groups excluding carboxylic acids is 1. The Kier molecular flexibility index (Phi) is 5.59. The average molecular weight is 293 g/mol. The van der Waals surface area contributed by atoms with E-state index in [9.17, 15) is 9.90 Å². The molecule has 2 N–H and O–H groups in total. The second-order valence-electron chi connectivity index (χ2n) is 5.46. The standard InChI is InChI=1S/C16H23NO4/c1-11-3-4-15(14(9-11)12(2)18)21-10-16(19)17-13-5-7-20-8-6-13/h3-4,9,12-13,18H,5-8,10H2,1-2H3,(H,17,19)/t12-/m1/s1. The highest BCUT2D eigenvalue weighted by molar-refractivity contribution is 5.77. The van der Waals surface area contributed by atoms with Gasteiger partial charge in [-0.1, -0.05) is 11.6 Å². The zero-order chi connectivity index (χ0) is 15.2. The molecule has 1 aromatic carbocycles. The number of benzene rings is 1. The van der Waals surface area contributed by atoms with Crippen LogP contribution < -0.4 is 10.1 Å². The molecule has 21 heavy (non-hydrogen) atoms. The van der Waals surface area contributed by atoms with E-state index in [1.165, 1.54) is 0 Å². The van der Waals surface area contributed by atoms with E-state index < -0.39 is 6.10 Å². The van der Waals surface area contributed by atoms with Crippen LogP contribution in [0.15, 0.2) is 18.2 Å². The zero-order valence-electron chi connectivity index (χ0n) is 12.6. The Morgan fingerprint density at radius 1 is 1.48 bits per heavy atom. The number of amides is 1. The molecule has 5 heteroatoms. The van der Waals surface area contributed by atoms with Crippen molar-refractivity contribution >= 4 is 5.91 Å². The fourth-order valence-electron chi connectivity index (χ4n) is 2.38. The SMILES string of the molecule is Cc1ccc(OCC(=O)NC2CCOCC2)c([C@@H](C)O)c1. The van der Waals surface area contributed by atoms with Crippen molar-refractivity contribution < 1.29 is 19.4 Å². The zero-order valence-corrected chi connectivity index (χ0v) is 12.6. The number of aliphatic hydroxyl groups excluding tert-OH is 1. The van der Waals surface area contributed by atoms with Gasteiger partial charge in [-0.15, -0.1) is 0 Å². The highest BCUT2D eigenvalue weighted by atomic mass is 16.5. The summed E-state index contributed by atoms with van der Waals surface area (Å²) in [7, 11) is 0. The molecular weight excluding hydrogens is 270 g/mol. The molecule has 5 nitrogen and oxygen atoms in total. The highest BCUT2D eigenvalue weighted by Crippen LogP contribution is 2.26. The van der Waals surface area contributed by atoms with Gasteiger partial charge in [-0.3, -0.25) is 4.79 Å². The topological polar surface area (TPSA) is 67.8 Å². The van der Waals surface area contributed by atoms with Crippen molar-refractivity contribution in [3.05, 3.63) is 29.3 Å². The van der Waals surface area contributed by atoms with Gasteiger partial charge < -0.3 is 19.9 Å². The predicted molar refractivity (Wildman–Crippen MR) is 79.3 cm³/mol. The first-order chi connectivity index (χ1) is 10.1. The Bertz CT molecular complexity index is 481. The van der Waals surface area contributed by atoms with Gasteiger partial charge in [0.1, 0.15) is 5.75 Å². The Labute approximate surface area is 125 Å². The van der Waals surface area contributed by atoms with Crippen LogP contribution >= 0.6 is 0 Å². The lowest BCUT2D eigenvalue weighted by atomic mass is 10.1. The number of hydrogen-bond donors (Lipinski definition) is 2. The summed E-state index contributed by atoms with van der Waals surface area (Å²) in [6.07, 6.45) is 1.06. The molecule has 0 radical (unpaired) electrons. The first-order valence-corrected chi connectivity index (χ1v) is 7.35. The van der Waals surface area contributed by atoms with Crippen LogP contribution in [0.1, 0.15) is 37.0 Å². The van der Waals surface area contributed by atoms with Gasteiger partial charge in [0.15, 0.2) is 6.61 Å². The van der Waals surface area contributed by atoms with Crippen LogP contribution in [-0.2, 0) is 9.53 Å². The van der Waals surface area contributed by atoms with Gasteiger partial charge in [0, 0.05) is 24.8 Å². The second-order valence-corrected chi connectivity index (χ2v) is 5.46. The van der Waals surface area contributed by atoms with Crippen molar-refractivity contribution in [2.24, 2.45) is 0 Å². The third kappa shape index (κ3) is 4.72. The summed E-state index contributed by atoms with van der Waals surface area (Å²) in [6, 6.07) is 5.73. The maximum Gasteiger partial charge on any atom is 0.258 e. The number of rotatable bonds is 5. The van der Waals surface area contributed by atoms with Crippen molar-refractivity contribution in [1.29, 1.82) is 0 Å². The summed E-state index contributed by atoms with van der Waals surface area (Å²) in [5.74, 6) is 0.414. The first-order valence-electron chi connectivity index (χ1n) is 7.35. The molecule has 0 bridgehead atoms. The van der Waals surface area contributed by atoms with E-state index in [1.54, 1.807) is 13.0 Å². The van der Waals surface area contributed by atoms with Crippen LogP contribution in [-0.4, -0.2) is 36.9 Å². The third-order valence-electron chi connectivity index (χ3n) is 3.56. The molecule has 2 rings (SSSR count). The van der Waals surface area contributed by atoms with Crippen LogP contribution in [0.3, 0.4) is 0 Å². The monoisotopic (exact) mass is 293 g/mol. The van der Waals surface area contributed by atoms with Gasteiger partial charge >= 0.3 is 0 Å². The summed E-state index contributed by atoms with van der Waals surface area (Å²) in [5.41, 5.74) is 1.75. The summed E-state index contributed by atoms with van der Waals surface area (Å²) in [6.45, 7) is 4.98. The van der Waals surface area contributed by atoms with E-state index in [0.29, 0.717) is 24.5 Å². The maximum atomic E-state index is 11.9. The molecule has 1 saturated heterocycles. The molecule has 0 unspecified atom stereocenters. The molecule has 1 atom stereocenters. The molecule has 1 fully saturated rings. The highest BCUT2D eigenvalue weighted by Gasteiger charge is 2.17. The van der Waals surface area contributed by atoms with Gasteiger partial charge in [0.25, 0.3) is 5.91 Å². The molecule has 1 aromatic rings. The lowest BCUT2D eigenvalue weighted by molar-refractivity contribution is -0.124. The van der Waals surface area contributed by atoms with E-state index in [4.69, 9.17) is 9.47 Å². The van der Waals surface area contributed by atoms with Crippen LogP contribution in [0.25, 0.3) is 0 Å². The molecule has 116 valence electrons. The van der Waals surface area contributed by atoms with Crippen molar-refractivity contribution in [3.63, 3.8) is 0 Å². The predicted octanol–water partition coefficient (Wildman–Crippen LogP) is 1.72. The van der Waals surface area contributed by atoms with E-state index in [2.05, 4.69) is 5.32 Å². The fraction of sp³-hybridized carbons (Fsp3) is 0.562. The van der Waals surface area contributed by atoms with Crippen molar-refractivity contribution in [3.8, 4) is 5.75 Å². The second kappa shape index (κ2) is 7.43. The molecule has 0 saturated carbocycles. The Morgan fingerprint density at radius 3 is 2.86 bits per heavy atom. The molecule has 1 aliphatic rings. The summed E-state index contributed by atoms with van der Waals surface area (Å²) in [5, 5.41) is 12.7. The van der Waals surface area contributed by atoms with Gasteiger partial charge in [0.2, 0.25) is 0 Å². The molecule has 0 aliphatic carbocycles. The van der Waals surface area contributed by atoms with Crippen LogP contribution in [0.5, 0.6) is 5.75 Å². The molecule has 0 aromatic heterocycles. The van der Waals surface area contributed by atoms with E-state index >= 15 is 0 Å². The Balaban J connectivity index is 1.88. The number of hydrogen-bond acceptors (Lipinski definition) is 4. The third-order valence-corrected chi connectivity index (χ3v) is 3.56. The van der Waals surface area contributed by atoms with E-state index in [-0.39, 0.29) is 18.6 Å². The Hall–Kier alpha value is -1.59. The van der Waals surface area contributed by atoms with Crippen LogP contribution in [0.2, 0.25) is 0 Å². The molecule has 1 aliphatic heterocycles. The minimum Gasteiger partial charge on any atom is -0.483 e.